The summed E-state index contributed by atoms with van der Waals surface area (Å²) in [5.41, 5.74) is 1.24. The van der Waals surface area contributed by atoms with E-state index in [1.54, 1.807) is 18.4 Å². The maximum Gasteiger partial charge on any atom is 0.119 e. The Morgan fingerprint density at radius 2 is 1.95 bits per heavy atom. The summed E-state index contributed by atoms with van der Waals surface area (Å²) in [5, 5.41) is 3.61. The Bertz CT molecular complexity index is 540. The second kappa shape index (κ2) is 6.55. The fourth-order valence-electron chi connectivity index (χ4n) is 2.03. The lowest BCUT2D eigenvalue weighted by Crippen LogP contribution is -2.21. The van der Waals surface area contributed by atoms with Crippen LogP contribution in [0.25, 0.3) is 0 Å². The first kappa shape index (κ1) is 14.6. The molecule has 2 aromatic rings. The van der Waals surface area contributed by atoms with Crippen LogP contribution in [0.15, 0.2) is 40.2 Å². The normalized spacial score (nSPS) is 14.1. The van der Waals surface area contributed by atoms with Crippen molar-refractivity contribution in [3.8, 4) is 5.75 Å². The quantitative estimate of drug-likeness (QED) is 0.833. The number of thiophene rings is 1. The Morgan fingerprint density at radius 1 is 1.16 bits per heavy atom. The lowest BCUT2D eigenvalue weighted by atomic mass is 10.1. The molecule has 1 aromatic carbocycles. The van der Waals surface area contributed by atoms with Gasteiger partial charge >= 0.3 is 0 Å². The fraction of sp³-hybridized carbons (Fsp3) is 0.333. The molecule has 0 aliphatic carbocycles. The topological polar surface area (TPSA) is 21.3 Å². The second-order valence-electron chi connectivity index (χ2n) is 4.53. The summed E-state index contributed by atoms with van der Waals surface area (Å²) in [6, 6.07) is 13.1. The van der Waals surface area contributed by atoms with E-state index in [1.165, 1.54) is 14.2 Å². The highest BCUT2D eigenvalue weighted by molar-refractivity contribution is 9.11. The van der Waals surface area contributed by atoms with E-state index in [0.29, 0.717) is 6.04 Å². The molecule has 1 aromatic heterocycles. The summed E-state index contributed by atoms with van der Waals surface area (Å²) < 4.78 is 6.44. The van der Waals surface area contributed by atoms with Crippen LogP contribution in [-0.4, -0.2) is 7.11 Å². The lowest BCUT2D eigenvalue weighted by Gasteiger charge is -2.20. The molecule has 0 fully saturated rings. The van der Waals surface area contributed by atoms with Crippen molar-refractivity contribution in [1.82, 2.24) is 5.32 Å². The van der Waals surface area contributed by atoms with Crippen LogP contribution in [0.2, 0.25) is 0 Å². The average Bonchev–Trinajstić information content (AvgIpc) is 2.85. The molecule has 0 amide bonds. The Hall–Kier alpha value is -0.840. The zero-order valence-electron chi connectivity index (χ0n) is 11.3. The van der Waals surface area contributed by atoms with E-state index >= 15 is 0 Å². The summed E-state index contributed by atoms with van der Waals surface area (Å²) in [7, 11) is 1.70. The molecule has 1 N–H and O–H groups in total. The number of hydrogen-bond acceptors (Lipinski definition) is 3. The second-order valence-corrected chi connectivity index (χ2v) is 7.02. The van der Waals surface area contributed by atoms with Gasteiger partial charge in [0.25, 0.3) is 0 Å². The van der Waals surface area contributed by atoms with Crippen molar-refractivity contribution >= 4 is 27.3 Å². The first-order valence-electron chi connectivity index (χ1n) is 6.25. The molecule has 2 rings (SSSR count). The number of methoxy groups -OCH3 is 1. The van der Waals surface area contributed by atoms with E-state index in [1.807, 2.05) is 12.1 Å². The highest BCUT2D eigenvalue weighted by Crippen LogP contribution is 2.29. The van der Waals surface area contributed by atoms with Gasteiger partial charge in [-0.25, -0.2) is 0 Å². The molecule has 19 heavy (non-hydrogen) atoms. The molecule has 0 saturated carbocycles. The number of rotatable bonds is 5. The van der Waals surface area contributed by atoms with Gasteiger partial charge in [-0.05, 0) is 59.6 Å². The first-order valence-corrected chi connectivity index (χ1v) is 7.86. The third-order valence-corrected chi connectivity index (χ3v) is 4.92. The molecule has 1 unspecified atom stereocenters. The minimum atomic E-state index is 0.283. The predicted octanol–water partition coefficient (Wildman–Crippen LogP) is 4.93. The summed E-state index contributed by atoms with van der Waals surface area (Å²) in [5.74, 6) is 0.901. The summed E-state index contributed by atoms with van der Waals surface area (Å²) in [6.45, 7) is 4.36. The van der Waals surface area contributed by atoms with Gasteiger partial charge in [0.15, 0.2) is 0 Å². The van der Waals surface area contributed by atoms with Gasteiger partial charge in [0.2, 0.25) is 0 Å². The minimum Gasteiger partial charge on any atom is -0.497 e. The summed E-state index contributed by atoms with van der Waals surface area (Å²) in [4.78, 5) is 1.33. The van der Waals surface area contributed by atoms with Gasteiger partial charge in [-0.15, -0.1) is 11.3 Å². The predicted molar refractivity (Wildman–Crippen MR) is 85.0 cm³/mol. The van der Waals surface area contributed by atoms with Gasteiger partial charge in [0.05, 0.1) is 10.9 Å². The summed E-state index contributed by atoms with van der Waals surface area (Å²) >= 11 is 5.27. The van der Waals surface area contributed by atoms with Crippen LogP contribution in [0.5, 0.6) is 5.75 Å². The highest BCUT2D eigenvalue weighted by Gasteiger charge is 2.13. The SMILES string of the molecule is COc1cccc([C@H](C)NC(C)c2ccc(Br)s2)c1. The van der Waals surface area contributed by atoms with Crippen LogP contribution >= 0.6 is 27.3 Å². The van der Waals surface area contributed by atoms with Gasteiger partial charge in [-0.2, -0.15) is 0 Å². The molecular weight excluding hydrogens is 322 g/mol. The fourth-order valence-corrected chi connectivity index (χ4v) is 3.46. The Morgan fingerprint density at radius 3 is 2.58 bits per heavy atom. The largest absolute Gasteiger partial charge is 0.497 e. The van der Waals surface area contributed by atoms with Crippen LogP contribution in [0, 0.1) is 0 Å². The standard InChI is InChI=1S/C15H18BrNOS/c1-10(12-5-4-6-13(9-12)18-3)17-11(2)14-7-8-15(16)19-14/h4-11,17H,1-3H3/t10-,11?/m0/s1. The van der Waals surface area contributed by atoms with Gasteiger partial charge in [-0.1, -0.05) is 12.1 Å². The summed E-state index contributed by atoms with van der Waals surface area (Å²) in [6.07, 6.45) is 0. The van der Waals surface area contributed by atoms with Crippen LogP contribution in [0.4, 0.5) is 0 Å². The monoisotopic (exact) mass is 339 g/mol. The third kappa shape index (κ3) is 3.81. The zero-order valence-corrected chi connectivity index (χ0v) is 13.7. The van der Waals surface area contributed by atoms with Gasteiger partial charge < -0.3 is 10.1 Å². The number of nitrogens with one attached hydrogen (secondary N) is 1. The van der Waals surface area contributed by atoms with Crippen molar-refractivity contribution in [2.45, 2.75) is 25.9 Å². The smallest absolute Gasteiger partial charge is 0.119 e. The van der Waals surface area contributed by atoms with Gasteiger partial charge in [0.1, 0.15) is 5.75 Å². The molecule has 0 bridgehead atoms. The number of benzene rings is 1. The molecule has 0 saturated heterocycles. The Kier molecular flexibility index (Phi) is 5.02. The van der Waals surface area contributed by atoms with E-state index in [0.717, 1.165) is 5.75 Å². The van der Waals surface area contributed by atoms with Crippen molar-refractivity contribution in [2.75, 3.05) is 7.11 Å². The molecule has 0 spiro atoms. The molecular formula is C15H18BrNOS. The van der Waals surface area contributed by atoms with Crippen molar-refractivity contribution in [3.05, 3.63) is 50.6 Å². The van der Waals surface area contributed by atoms with Crippen LogP contribution in [-0.2, 0) is 0 Å². The minimum absolute atomic E-state index is 0.283. The van der Waals surface area contributed by atoms with Crippen LogP contribution < -0.4 is 10.1 Å². The van der Waals surface area contributed by atoms with E-state index < -0.39 is 0 Å². The van der Waals surface area contributed by atoms with Crippen molar-refractivity contribution in [1.29, 1.82) is 0 Å². The van der Waals surface area contributed by atoms with E-state index in [2.05, 4.69) is 59.4 Å². The van der Waals surface area contributed by atoms with Gasteiger partial charge in [0, 0.05) is 17.0 Å². The van der Waals surface area contributed by atoms with Gasteiger partial charge in [-0.3, -0.25) is 0 Å². The van der Waals surface area contributed by atoms with E-state index in [-0.39, 0.29) is 6.04 Å². The zero-order chi connectivity index (χ0) is 13.8. The Labute approximate surface area is 126 Å². The number of halogens is 1. The maximum atomic E-state index is 5.27. The van der Waals surface area contributed by atoms with Crippen LogP contribution in [0.3, 0.4) is 0 Å². The van der Waals surface area contributed by atoms with Crippen molar-refractivity contribution in [2.24, 2.45) is 0 Å². The van der Waals surface area contributed by atoms with Crippen LogP contribution in [0.1, 0.15) is 36.4 Å². The highest BCUT2D eigenvalue weighted by atomic mass is 79.9. The lowest BCUT2D eigenvalue weighted by molar-refractivity contribution is 0.412. The number of ether oxygens (including phenoxy) is 1. The Balaban J connectivity index is 2.05. The van der Waals surface area contributed by atoms with E-state index in [4.69, 9.17) is 4.74 Å². The molecule has 4 heteroatoms. The van der Waals surface area contributed by atoms with Crippen molar-refractivity contribution in [3.63, 3.8) is 0 Å². The maximum absolute atomic E-state index is 5.27. The van der Waals surface area contributed by atoms with Crippen molar-refractivity contribution < 1.29 is 4.74 Å². The first-order chi connectivity index (χ1) is 9.10. The molecule has 1 heterocycles. The molecule has 0 radical (unpaired) electrons. The molecule has 102 valence electrons. The third-order valence-electron chi connectivity index (χ3n) is 3.11. The molecule has 2 nitrogen and oxygen atoms in total. The number of hydrogen-bond donors (Lipinski definition) is 1. The molecule has 0 aliphatic heterocycles. The average molecular weight is 340 g/mol. The molecule has 2 atom stereocenters. The van der Waals surface area contributed by atoms with E-state index in [9.17, 15) is 0 Å². The molecule has 0 aliphatic rings.